The maximum atomic E-state index is 5.09. The number of aryl methyl sites for hydroxylation is 3. The van der Waals surface area contributed by atoms with Crippen molar-refractivity contribution in [3.63, 3.8) is 0 Å². The highest BCUT2D eigenvalue weighted by Gasteiger charge is 2.05. The first kappa shape index (κ1) is 14.6. The van der Waals surface area contributed by atoms with Gasteiger partial charge in [0, 0.05) is 46.2 Å². The zero-order valence-corrected chi connectivity index (χ0v) is 12.5. The monoisotopic (exact) mass is 277 g/mol. The average molecular weight is 277 g/mol. The SMILES string of the molecule is COCCCn1cc(C)nc1NCCc1cnn(C)c1. The number of imidazole rings is 1. The highest BCUT2D eigenvalue weighted by atomic mass is 16.5. The molecule has 0 bridgehead atoms. The van der Waals surface area contributed by atoms with Gasteiger partial charge in [0.1, 0.15) is 0 Å². The van der Waals surface area contributed by atoms with Crippen molar-refractivity contribution in [3.05, 3.63) is 29.8 Å². The minimum Gasteiger partial charge on any atom is -0.385 e. The molecule has 0 fully saturated rings. The summed E-state index contributed by atoms with van der Waals surface area (Å²) >= 11 is 0. The Kier molecular flexibility index (Phi) is 5.17. The molecule has 0 aliphatic rings. The number of methoxy groups -OCH3 is 1. The molecule has 0 aliphatic heterocycles. The van der Waals surface area contributed by atoms with Gasteiger partial charge in [-0.2, -0.15) is 5.10 Å². The normalized spacial score (nSPS) is 10.9. The lowest BCUT2D eigenvalue weighted by atomic mass is 10.2. The minimum atomic E-state index is 0.770. The molecule has 0 saturated heterocycles. The fourth-order valence-electron chi connectivity index (χ4n) is 2.16. The zero-order chi connectivity index (χ0) is 14.4. The third-order valence-corrected chi connectivity index (χ3v) is 3.10. The molecule has 0 atom stereocenters. The maximum Gasteiger partial charge on any atom is 0.203 e. The van der Waals surface area contributed by atoms with E-state index < -0.39 is 0 Å². The van der Waals surface area contributed by atoms with Crippen molar-refractivity contribution in [1.29, 1.82) is 0 Å². The summed E-state index contributed by atoms with van der Waals surface area (Å²) in [5.74, 6) is 0.933. The van der Waals surface area contributed by atoms with Gasteiger partial charge < -0.3 is 14.6 Å². The van der Waals surface area contributed by atoms with Crippen molar-refractivity contribution in [2.45, 2.75) is 26.3 Å². The summed E-state index contributed by atoms with van der Waals surface area (Å²) < 4.78 is 9.06. The predicted octanol–water partition coefficient (Wildman–Crippen LogP) is 1.62. The zero-order valence-electron chi connectivity index (χ0n) is 12.5. The van der Waals surface area contributed by atoms with E-state index in [0.29, 0.717) is 0 Å². The molecule has 1 N–H and O–H groups in total. The van der Waals surface area contributed by atoms with Crippen LogP contribution in [0.3, 0.4) is 0 Å². The highest BCUT2D eigenvalue weighted by molar-refractivity contribution is 5.29. The second-order valence-corrected chi connectivity index (χ2v) is 4.94. The first-order valence-corrected chi connectivity index (χ1v) is 6.93. The van der Waals surface area contributed by atoms with Gasteiger partial charge in [0.15, 0.2) is 0 Å². The second kappa shape index (κ2) is 7.09. The van der Waals surface area contributed by atoms with Gasteiger partial charge in [0.05, 0.1) is 11.9 Å². The summed E-state index contributed by atoms with van der Waals surface area (Å²) in [6.07, 6.45) is 7.94. The number of ether oxygens (including phenoxy) is 1. The predicted molar refractivity (Wildman–Crippen MR) is 78.9 cm³/mol. The lowest BCUT2D eigenvalue weighted by Gasteiger charge is -2.09. The molecule has 0 amide bonds. The molecule has 2 rings (SSSR count). The summed E-state index contributed by atoms with van der Waals surface area (Å²) in [5, 5.41) is 7.56. The molecule has 0 aliphatic carbocycles. The van der Waals surface area contributed by atoms with Gasteiger partial charge in [-0.3, -0.25) is 4.68 Å². The van der Waals surface area contributed by atoms with E-state index in [1.807, 2.05) is 31.0 Å². The van der Waals surface area contributed by atoms with Crippen molar-refractivity contribution >= 4 is 5.95 Å². The smallest absolute Gasteiger partial charge is 0.203 e. The topological polar surface area (TPSA) is 56.9 Å². The van der Waals surface area contributed by atoms with Gasteiger partial charge in [0.2, 0.25) is 5.95 Å². The number of anilines is 1. The van der Waals surface area contributed by atoms with Gasteiger partial charge in [-0.1, -0.05) is 0 Å². The van der Waals surface area contributed by atoms with Gasteiger partial charge in [-0.25, -0.2) is 4.98 Å². The molecular formula is C14H23N5O. The van der Waals surface area contributed by atoms with Crippen LogP contribution in [0.15, 0.2) is 18.6 Å². The lowest BCUT2D eigenvalue weighted by molar-refractivity contribution is 0.190. The summed E-state index contributed by atoms with van der Waals surface area (Å²) in [6.45, 7) is 4.56. The van der Waals surface area contributed by atoms with Crippen LogP contribution in [0.25, 0.3) is 0 Å². The van der Waals surface area contributed by atoms with Crippen molar-refractivity contribution < 1.29 is 4.74 Å². The molecule has 20 heavy (non-hydrogen) atoms. The van der Waals surface area contributed by atoms with Crippen LogP contribution < -0.4 is 5.32 Å². The van der Waals surface area contributed by atoms with Crippen molar-refractivity contribution in [3.8, 4) is 0 Å². The van der Waals surface area contributed by atoms with E-state index in [4.69, 9.17) is 4.74 Å². The molecular weight excluding hydrogens is 254 g/mol. The Labute approximate surface area is 119 Å². The minimum absolute atomic E-state index is 0.770. The number of aromatic nitrogens is 4. The van der Waals surface area contributed by atoms with E-state index in [-0.39, 0.29) is 0 Å². The van der Waals surface area contributed by atoms with Gasteiger partial charge in [-0.15, -0.1) is 0 Å². The number of hydrogen-bond acceptors (Lipinski definition) is 4. The Balaban J connectivity index is 1.85. The van der Waals surface area contributed by atoms with Gasteiger partial charge in [-0.05, 0) is 25.3 Å². The molecule has 0 saturated carbocycles. The maximum absolute atomic E-state index is 5.09. The summed E-state index contributed by atoms with van der Waals surface area (Å²) in [5.41, 5.74) is 2.26. The Hall–Kier alpha value is -1.82. The Morgan fingerprint density at radius 3 is 2.90 bits per heavy atom. The molecule has 6 nitrogen and oxygen atoms in total. The fraction of sp³-hybridized carbons (Fsp3) is 0.571. The Morgan fingerprint density at radius 2 is 2.20 bits per heavy atom. The Bertz CT molecular complexity index is 531. The third kappa shape index (κ3) is 4.09. The van der Waals surface area contributed by atoms with Crippen LogP contribution in [0.2, 0.25) is 0 Å². The molecule has 2 aromatic rings. The van der Waals surface area contributed by atoms with E-state index in [0.717, 1.165) is 44.2 Å². The summed E-state index contributed by atoms with van der Waals surface area (Å²) in [4.78, 5) is 4.52. The molecule has 0 radical (unpaired) electrons. The van der Waals surface area contributed by atoms with Crippen molar-refractivity contribution in [2.75, 3.05) is 25.6 Å². The van der Waals surface area contributed by atoms with Crippen LogP contribution in [0.5, 0.6) is 0 Å². The van der Waals surface area contributed by atoms with Gasteiger partial charge in [0.25, 0.3) is 0 Å². The standard InChI is InChI=1S/C14H23N5O/c1-12-10-19(7-4-8-20-3)14(17-12)15-6-5-13-9-16-18(2)11-13/h9-11H,4-8H2,1-3H3,(H,15,17). The van der Waals surface area contributed by atoms with Crippen LogP contribution in [-0.2, 0) is 24.8 Å². The average Bonchev–Trinajstić information content (AvgIpc) is 2.97. The molecule has 2 aromatic heterocycles. The largest absolute Gasteiger partial charge is 0.385 e. The number of nitrogens with zero attached hydrogens (tertiary/aromatic N) is 4. The summed E-state index contributed by atoms with van der Waals surface area (Å²) in [6, 6.07) is 0. The van der Waals surface area contributed by atoms with E-state index >= 15 is 0 Å². The number of hydrogen-bond donors (Lipinski definition) is 1. The fourth-order valence-corrected chi connectivity index (χ4v) is 2.16. The van der Waals surface area contributed by atoms with Crippen LogP contribution >= 0.6 is 0 Å². The Morgan fingerprint density at radius 1 is 1.35 bits per heavy atom. The third-order valence-electron chi connectivity index (χ3n) is 3.10. The van der Waals surface area contributed by atoms with E-state index in [2.05, 4.69) is 26.2 Å². The quantitative estimate of drug-likeness (QED) is 0.745. The van der Waals surface area contributed by atoms with Crippen LogP contribution in [0.4, 0.5) is 5.95 Å². The molecule has 0 spiro atoms. The first-order chi connectivity index (χ1) is 9.69. The lowest BCUT2D eigenvalue weighted by Crippen LogP contribution is -2.11. The molecule has 0 aromatic carbocycles. The number of nitrogens with one attached hydrogen (secondary N) is 1. The summed E-state index contributed by atoms with van der Waals surface area (Å²) in [7, 11) is 3.66. The second-order valence-electron chi connectivity index (χ2n) is 4.94. The van der Waals surface area contributed by atoms with Crippen LogP contribution in [-0.4, -0.2) is 39.6 Å². The van der Waals surface area contributed by atoms with Crippen molar-refractivity contribution in [1.82, 2.24) is 19.3 Å². The molecule has 6 heteroatoms. The first-order valence-electron chi connectivity index (χ1n) is 6.93. The van der Waals surface area contributed by atoms with E-state index in [9.17, 15) is 0 Å². The molecule has 0 unspecified atom stereocenters. The van der Waals surface area contributed by atoms with Crippen LogP contribution in [0, 0.1) is 6.92 Å². The highest BCUT2D eigenvalue weighted by Crippen LogP contribution is 2.09. The molecule has 110 valence electrons. The van der Waals surface area contributed by atoms with Crippen LogP contribution in [0.1, 0.15) is 17.7 Å². The van der Waals surface area contributed by atoms with E-state index in [1.165, 1.54) is 5.56 Å². The van der Waals surface area contributed by atoms with Gasteiger partial charge >= 0.3 is 0 Å². The van der Waals surface area contributed by atoms with E-state index in [1.54, 1.807) is 7.11 Å². The molecule has 2 heterocycles. The number of rotatable bonds is 8. The van der Waals surface area contributed by atoms with Crippen molar-refractivity contribution in [2.24, 2.45) is 7.05 Å².